The van der Waals surface area contributed by atoms with Crippen LogP contribution < -0.4 is 10.2 Å². The van der Waals surface area contributed by atoms with E-state index >= 15 is 0 Å². The van der Waals surface area contributed by atoms with E-state index in [1.54, 1.807) is 7.05 Å². The van der Waals surface area contributed by atoms with Gasteiger partial charge in [0.15, 0.2) is 0 Å². The van der Waals surface area contributed by atoms with Gasteiger partial charge < -0.3 is 10.2 Å². The van der Waals surface area contributed by atoms with E-state index in [0.29, 0.717) is 11.6 Å². The summed E-state index contributed by atoms with van der Waals surface area (Å²) in [6.45, 7) is 0.232. The summed E-state index contributed by atoms with van der Waals surface area (Å²) >= 11 is 1.36. The molecule has 0 aliphatic carbocycles. The summed E-state index contributed by atoms with van der Waals surface area (Å²) in [4.78, 5) is 39.2. The number of rotatable bonds is 6. The topological polar surface area (TPSA) is 95.5 Å². The zero-order valence-electron chi connectivity index (χ0n) is 15.2. The average molecular weight is 387 g/mol. The molecule has 0 radical (unpaired) electrons. The van der Waals surface area contributed by atoms with Crippen LogP contribution in [0.15, 0.2) is 30.3 Å². The Hall–Kier alpha value is -2.81. The van der Waals surface area contributed by atoms with E-state index in [0.717, 1.165) is 10.6 Å². The first-order chi connectivity index (χ1) is 13.0. The Labute approximate surface area is 161 Å². The standard InChI is InChI=1S/C18H21N5O3S/c1-19-14(24)11-22(2)17(26)13-9-16(25)23(10-13)18-21-20-15(27-18)8-12-6-4-3-5-7-12/h3-7,13H,8-11H2,1-2H3,(H,19,24). The van der Waals surface area contributed by atoms with Crippen LogP contribution in [0.1, 0.15) is 17.0 Å². The first-order valence-electron chi connectivity index (χ1n) is 8.60. The predicted molar refractivity (Wildman–Crippen MR) is 101 cm³/mol. The molecule has 0 saturated carbocycles. The Kier molecular flexibility index (Phi) is 5.80. The first-order valence-corrected chi connectivity index (χ1v) is 9.41. The van der Waals surface area contributed by atoms with Crippen LogP contribution in [0, 0.1) is 5.92 Å². The van der Waals surface area contributed by atoms with Crippen LogP contribution in [0.5, 0.6) is 0 Å². The zero-order chi connectivity index (χ0) is 19.4. The van der Waals surface area contributed by atoms with Crippen molar-refractivity contribution in [2.45, 2.75) is 12.8 Å². The van der Waals surface area contributed by atoms with Crippen LogP contribution in [-0.4, -0.2) is 60.0 Å². The van der Waals surface area contributed by atoms with Crippen LogP contribution in [0.3, 0.4) is 0 Å². The number of hydrogen-bond donors (Lipinski definition) is 1. The molecular weight excluding hydrogens is 366 g/mol. The van der Waals surface area contributed by atoms with Crippen LogP contribution in [0.4, 0.5) is 5.13 Å². The summed E-state index contributed by atoms with van der Waals surface area (Å²) in [7, 11) is 3.08. The van der Waals surface area contributed by atoms with Crippen molar-refractivity contribution < 1.29 is 14.4 Å². The molecule has 3 amide bonds. The number of nitrogens with one attached hydrogen (secondary N) is 1. The number of carbonyl (C=O) groups is 3. The van der Waals surface area contributed by atoms with Gasteiger partial charge in [-0.2, -0.15) is 0 Å². The highest BCUT2D eigenvalue weighted by Crippen LogP contribution is 2.29. The maximum atomic E-state index is 12.5. The SMILES string of the molecule is CNC(=O)CN(C)C(=O)C1CC(=O)N(c2nnc(Cc3ccccc3)s2)C1. The molecule has 1 aliphatic heterocycles. The molecule has 3 rings (SSSR count). The molecule has 9 heteroatoms. The number of anilines is 1. The summed E-state index contributed by atoms with van der Waals surface area (Å²) in [6.07, 6.45) is 0.766. The van der Waals surface area contributed by atoms with E-state index in [-0.39, 0.29) is 37.2 Å². The van der Waals surface area contributed by atoms with Gasteiger partial charge in [0, 0.05) is 33.5 Å². The summed E-state index contributed by atoms with van der Waals surface area (Å²) in [6, 6.07) is 9.91. The lowest BCUT2D eigenvalue weighted by Crippen LogP contribution is -2.40. The van der Waals surface area contributed by atoms with Crippen molar-refractivity contribution in [3.63, 3.8) is 0 Å². The van der Waals surface area contributed by atoms with Gasteiger partial charge >= 0.3 is 0 Å². The molecule has 27 heavy (non-hydrogen) atoms. The highest BCUT2D eigenvalue weighted by Gasteiger charge is 2.38. The third kappa shape index (κ3) is 4.48. The highest BCUT2D eigenvalue weighted by atomic mass is 32.1. The lowest BCUT2D eigenvalue weighted by Gasteiger charge is -2.19. The molecule has 2 aromatic rings. The number of carbonyl (C=O) groups excluding carboxylic acids is 3. The summed E-state index contributed by atoms with van der Waals surface area (Å²) in [5.41, 5.74) is 1.12. The Balaban J connectivity index is 1.64. The number of likely N-dealkylation sites (N-methyl/N-ethyl adjacent to an activating group) is 2. The van der Waals surface area contributed by atoms with Crippen molar-refractivity contribution in [3.05, 3.63) is 40.9 Å². The molecule has 0 bridgehead atoms. The quantitative estimate of drug-likeness (QED) is 0.787. The lowest BCUT2D eigenvalue weighted by atomic mass is 10.1. The van der Waals surface area contributed by atoms with Gasteiger partial charge in [0.2, 0.25) is 22.9 Å². The van der Waals surface area contributed by atoms with E-state index in [1.807, 2.05) is 30.3 Å². The van der Waals surface area contributed by atoms with E-state index in [9.17, 15) is 14.4 Å². The van der Waals surface area contributed by atoms with Gasteiger partial charge in [-0.05, 0) is 5.56 Å². The minimum absolute atomic E-state index is 0.0277. The van der Waals surface area contributed by atoms with E-state index in [2.05, 4.69) is 15.5 Å². The number of aromatic nitrogens is 2. The molecule has 1 aromatic heterocycles. The fourth-order valence-corrected chi connectivity index (χ4v) is 3.84. The van der Waals surface area contributed by atoms with Gasteiger partial charge in [0.05, 0.1) is 12.5 Å². The second kappa shape index (κ2) is 8.26. The molecule has 1 N–H and O–H groups in total. The summed E-state index contributed by atoms with van der Waals surface area (Å²) in [5, 5.41) is 12.1. The lowest BCUT2D eigenvalue weighted by molar-refractivity contribution is -0.137. The predicted octanol–water partition coefficient (Wildman–Crippen LogP) is 0.686. The van der Waals surface area contributed by atoms with Crippen molar-refractivity contribution in [2.24, 2.45) is 5.92 Å². The normalized spacial score (nSPS) is 16.4. The number of hydrogen-bond acceptors (Lipinski definition) is 6. The van der Waals surface area contributed by atoms with Crippen molar-refractivity contribution >= 4 is 34.2 Å². The average Bonchev–Trinajstić information content (AvgIpc) is 3.28. The molecule has 1 unspecified atom stereocenters. The van der Waals surface area contributed by atoms with Crippen molar-refractivity contribution in [1.29, 1.82) is 0 Å². The highest BCUT2D eigenvalue weighted by molar-refractivity contribution is 7.15. The first kappa shape index (κ1) is 19.0. The van der Waals surface area contributed by atoms with Crippen LogP contribution in [-0.2, 0) is 20.8 Å². The number of benzene rings is 1. The third-order valence-electron chi connectivity index (χ3n) is 4.40. The van der Waals surface area contributed by atoms with Gasteiger partial charge in [-0.15, -0.1) is 10.2 Å². The van der Waals surface area contributed by atoms with Gasteiger partial charge in [-0.25, -0.2) is 0 Å². The number of nitrogens with zero attached hydrogens (tertiary/aromatic N) is 4. The van der Waals surface area contributed by atoms with Crippen molar-refractivity contribution in [3.8, 4) is 0 Å². The fraction of sp³-hybridized carbons (Fsp3) is 0.389. The maximum Gasteiger partial charge on any atom is 0.239 e. The van der Waals surface area contributed by atoms with Gasteiger partial charge in [-0.3, -0.25) is 19.3 Å². The molecule has 1 aliphatic rings. The molecule has 1 aromatic carbocycles. The third-order valence-corrected chi connectivity index (χ3v) is 5.34. The van der Waals surface area contributed by atoms with Crippen molar-refractivity contribution in [1.82, 2.24) is 20.4 Å². The van der Waals surface area contributed by atoms with Crippen LogP contribution in [0.2, 0.25) is 0 Å². The van der Waals surface area contributed by atoms with Crippen molar-refractivity contribution in [2.75, 3.05) is 32.1 Å². The van der Waals surface area contributed by atoms with Gasteiger partial charge in [0.25, 0.3) is 0 Å². The minimum Gasteiger partial charge on any atom is -0.358 e. The Bertz CT molecular complexity index is 839. The molecule has 1 saturated heterocycles. The molecule has 1 fully saturated rings. The maximum absolute atomic E-state index is 12.5. The Morgan fingerprint density at radius 2 is 2.04 bits per heavy atom. The van der Waals surface area contributed by atoms with E-state index in [1.165, 1.54) is 28.2 Å². The van der Waals surface area contributed by atoms with Crippen LogP contribution >= 0.6 is 11.3 Å². The molecule has 142 valence electrons. The smallest absolute Gasteiger partial charge is 0.239 e. The molecule has 2 heterocycles. The Morgan fingerprint density at radius 3 is 2.74 bits per heavy atom. The summed E-state index contributed by atoms with van der Waals surface area (Å²) in [5.74, 6) is -1.09. The zero-order valence-corrected chi connectivity index (χ0v) is 16.0. The fourth-order valence-electron chi connectivity index (χ4n) is 2.94. The molecule has 0 spiro atoms. The summed E-state index contributed by atoms with van der Waals surface area (Å²) < 4.78 is 0. The second-order valence-electron chi connectivity index (χ2n) is 6.41. The van der Waals surface area contributed by atoms with E-state index in [4.69, 9.17) is 0 Å². The minimum atomic E-state index is -0.478. The largest absolute Gasteiger partial charge is 0.358 e. The molecule has 1 atom stereocenters. The van der Waals surface area contributed by atoms with Crippen LogP contribution in [0.25, 0.3) is 0 Å². The second-order valence-corrected chi connectivity index (χ2v) is 7.45. The van der Waals surface area contributed by atoms with Gasteiger partial charge in [-0.1, -0.05) is 41.7 Å². The molecule has 8 nitrogen and oxygen atoms in total. The molecular formula is C18H21N5O3S. The number of amides is 3. The Morgan fingerprint density at radius 1 is 1.30 bits per heavy atom. The van der Waals surface area contributed by atoms with E-state index < -0.39 is 5.92 Å². The van der Waals surface area contributed by atoms with Gasteiger partial charge in [0.1, 0.15) is 5.01 Å². The monoisotopic (exact) mass is 387 g/mol.